The summed E-state index contributed by atoms with van der Waals surface area (Å²) < 4.78 is 0.663. The molecule has 0 aliphatic carbocycles. The molecule has 1 aromatic rings. The zero-order valence-corrected chi connectivity index (χ0v) is 9.18. The quantitative estimate of drug-likeness (QED) is 0.670. The van der Waals surface area contributed by atoms with Gasteiger partial charge in [-0.25, -0.2) is 4.98 Å². The number of fused-ring (bicyclic) bond motifs is 1. The van der Waals surface area contributed by atoms with Gasteiger partial charge >= 0.3 is 0 Å². The van der Waals surface area contributed by atoms with Gasteiger partial charge in [0.2, 0.25) is 0 Å². The van der Waals surface area contributed by atoms with Crippen LogP contribution in [0.3, 0.4) is 0 Å². The lowest BCUT2D eigenvalue weighted by molar-refractivity contribution is 0.0816. The molecule has 0 N–H and O–H groups in total. The number of pyridine rings is 1. The summed E-state index contributed by atoms with van der Waals surface area (Å²) in [6.45, 7) is 0.543. The number of hydrogen-bond donors (Lipinski definition) is 0. The number of nitrogens with zero attached hydrogens (tertiary/aromatic N) is 2. The fourth-order valence-corrected chi connectivity index (χ4v) is 1.78. The first-order valence-corrected chi connectivity index (χ1v) is 4.87. The van der Waals surface area contributed by atoms with Crippen LogP contribution in [-0.4, -0.2) is 22.8 Å². The van der Waals surface area contributed by atoms with Crippen molar-refractivity contribution in [1.29, 1.82) is 0 Å². The van der Waals surface area contributed by atoms with Gasteiger partial charge in [0.1, 0.15) is 5.15 Å². The second-order valence-corrected chi connectivity index (χ2v) is 4.13. The summed E-state index contributed by atoms with van der Waals surface area (Å²) in [5.74, 6) is -0.000123. The molecule has 1 aromatic heterocycles. The molecular formula is C8H6BrClN2O. The molecule has 0 spiro atoms. The summed E-state index contributed by atoms with van der Waals surface area (Å²) in [5, 5.41) is 0.404. The van der Waals surface area contributed by atoms with Crippen molar-refractivity contribution >= 4 is 33.4 Å². The Balaban J connectivity index is 2.59. The van der Waals surface area contributed by atoms with E-state index in [0.717, 1.165) is 5.69 Å². The molecule has 5 heteroatoms. The minimum absolute atomic E-state index is 0.000123. The van der Waals surface area contributed by atoms with Crippen molar-refractivity contribution in [3.63, 3.8) is 0 Å². The lowest BCUT2D eigenvalue weighted by Gasteiger charge is -2.03. The van der Waals surface area contributed by atoms with Gasteiger partial charge in [-0.1, -0.05) is 11.6 Å². The number of rotatable bonds is 0. The largest absolute Gasteiger partial charge is 0.336 e. The average molecular weight is 262 g/mol. The molecule has 0 unspecified atom stereocenters. The van der Waals surface area contributed by atoms with Crippen LogP contribution in [0.4, 0.5) is 0 Å². The molecule has 1 amide bonds. The van der Waals surface area contributed by atoms with Crippen molar-refractivity contribution in [3.05, 3.63) is 26.9 Å². The third-order valence-corrected chi connectivity index (χ3v) is 3.10. The molecule has 0 saturated carbocycles. The standard InChI is InChI=1S/C8H6BrClN2O/c1-12-3-6-4(8(12)13)2-5(9)7(10)11-6/h2H,3H2,1H3. The molecule has 0 saturated heterocycles. The van der Waals surface area contributed by atoms with Gasteiger partial charge in [-0.05, 0) is 22.0 Å². The molecular weight excluding hydrogens is 255 g/mol. The van der Waals surface area contributed by atoms with Gasteiger partial charge in [0, 0.05) is 7.05 Å². The third kappa shape index (κ3) is 1.34. The highest BCUT2D eigenvalue weighted by Crippen LogP contribution is 2.27. The molecule has 13 heavy (non-hydrogen) atoms. The van der Waals surface area contributed by atoms with E-state index in [-0.39, 0.29) is 5.91 Å². The van der Waals surface area contributed by atoms with Crippen LogP contribution in [0.2, 0.25) is 5.15 Å². The molecule has 2 heterocycles. The van der Waals surface area contributed by atoms with E-state index in [2.05, 4.69) is 20.9 Å². The number of carbonyl (C=O) groups is 1. The summed E-state index contributed by atoms with van der Waals surface area (Å²) in [6.07, 6.45) is 0. The number of amides is 1. The molecule has 0 bridgehead atoms. The predicted octanol–water partition coefficient (Wildman–Crippen LogP) is 2.08. The number of carbonyl (C=O) groups excluding carboxylic acids is 1. The van der Waals surface area contributed by atoms with Crippen LogP contribution in [-0.2, 0) is 6.54 Å². The first kappa shape index (κ1) is 8.97. The highest BCUT2D eigenvalue weighted by Gasteiger charge is 2.26. The highest BCUT2D eigenvalue weighted by atomic mass is 79.9. The third-order valence-electron chi connectivity index (χ3n) is 1.98. The van der Waals surface area contributed by atoms with Gasteiger partial charge in [-0.15, -0.1) is 0 Å². The van der Waals surface area contributed by atoms with Gasteiger partial charge in [0.25, 0.3) is 5.91 Å². The Morgan fingerprint density at radius 3 is 3.08 bits per heavy atom. The summed E-state index contributed by atoms with van der Waals surface area (Å²) in [4.78, 5) is 17.2. The van der Waals surface area contributed by atoms with E-state index in [1.807, 2.05) is 0 Å². The Bertz CT molecular complexity index is 394. The summed E-state index contributed by atoms with van der Waals surface area (Å²) >= 11 is 9.03. The Hall–Kier alpha value is -0.610. The lowest BCUT2D eigenvalue weighted by atomic mass is 10.2. The van der Waals surface area contributed by atoms with Crippen molar-refractivity contribution in [2.24, 2.45) is 0 Å². The second kappa shape index (κ2) is 2.96. The molecule has 0 radical (unpaired) electrons. The molecule has 1 aliphatic heterocycles. The van der Waals surface area contributed by atoms with Crippen molar-refractivity contribution in [2.75, 3.05) is 7.05 Å². The fourth-order valence-electron chi connectivity index (χ4n) is 1.31. The van der Waals surface area contributed by atoms with Crippen molar-refractivity contribution in [2.45, 2.75) is 6.54 Å². The van der Waals surface area contributed by atoms with Crippen LogP contribution >= 0.6 is 27.5 Å². The van der Waals surface area contributed by atoms with E-state index in [1.54, 1.807) is 18.0 Å². The van der Waals surface area contributed by atoms with Crippen molar-refractivity contribution in [1.82, 2.24) is 9.88 Å². The van der Waals surface area contributed by atoms with Crippen LogP contribution in [0.5, 0.6) is 0 Å². The topological polar surface area (TPSA) is 33.2 Å². The number of hydrogen-bond acceptors (Lipinski definition) is 2. The molecule has 0 atom stereocenters. The predicted molar refractivity (Wildman–Crippen MR) is 52.7 cm³/mol. The second-order valence-electron chi connectivity index (χ2n) is 2.92. The van der Waals surface area contributed by atoms with Crippen LogP contribution in [0.25, 0.3) is 0 Å². The minimum Gasteiger partial charge on any atom is -0.336 e. The van der Waals surface area contributed by atoms with Gasteiger partial charge in [-0.2, -0.15) is 0 Å². The maximum absolute atomic E-state index is 11.5. The van der Waals surface area contributed by atoms with E-state index in [4.69, 9.17) is 11.6 Å². The molecule has 0 fully saturated rings. The van der Waals surface area contributed by atoms with Gasteiger partial charge < -0.3 is 4.90 Å². The molecule has 68 valence electrons. The zero-order chi connectivity index (χ0) is 9.59. The van der Waals surface area contributed by atoms with Crippen molar-refractivity contribution in [3.8, 4) is 0 Å². The smallest absolute Gasteiger partial charge is 0.255 e. The van der Waals surface area contributed by atoms with Gasteiger partial charge in [0.15, 0.2) is 0 Å². The first-order valence-electron chi connectivity index (χ1n) is 3.70. The first-order chi connectivity index (χ1) is 6.09. The molecule has 3 nitrogen and oxygen atoms in total. The summed E-state index contributed by atoms with van der Waals surface area (Å²) in [7, 11) is 1.74. The molecule has 1 aliphatic rings. The molecule has 0 aromatic carbocycles. The SMILES string of the molecule is CN1Cc2nc(Cl)c(Br)cc2C1=O. The lowest BCUT2D eigenvalue weighted by Crippen LogP contribution is -2.17. The summed E-state index contributed by atoms with van der Waals surface area (Å²) in [6, 6.07) is 1.72. The monoisotopic (exact) mass is 260 g/mol. The van der Waals surface area contributed by atoms with Crippen LogP contribution in [0.1, 0.15) is 16.1 Å². The van der Waals surface area contributed by atoms with E-state index in [0.29, 0.717) is 21.7 Å². The Morgan fingerprint density at radius 1 is 1.69 bits per heavy atom. The Kier molecular flexibility index (Phi) is 2.04. The normalized spacial score (nSPS) is 15.0. The Labute approximate surface area is 88.8 Å². The maximum atomic E-state index is 11.5. The zero-order valence-electron chi connectivity index (χ0n) is 6.84. The van der Waals surface area contributed by atoms with Crippen LogP contribution < -0.4 is 0 Å². The van der Waals surface area contributed by atoms with E-state index >= 15 is 0 Å². The fraction of sp³-hybridized carbons (Fsp3) is 0.250. The maximum Gasteiger partial charge on any atom is 0.255 e. The summed E-state index contributed by atoms with van der Waals surface area (Å²) in [5.41, 5.74) is 1.39. The van der Waals surface area contributed by atoms with E-state index in [1.165, 1.54) is 0 Å². The number of halogens is 2. The molecule has 2 rings (SSSR count). The van der Waals surface area contributed by atoms with Crippen molar-refractivity contribution < 1.29 is 4.79 Å². The van der Waals surface area contributed by atoms with E-state index < -0.39 is 0 Å². The highest BCUT2D eigenvalue weighted by molar-refractivity contribution is 9.10. The number of aromatic nitrogens is 1. The van der Waals surface area contributed by atoms with Gasteiger partial charge in [0.05, 0.1) is 22.3 Å². The van der Waals surface area contributed by atoms with Crippen LogP contribution in [0, 0.1) is 0 Å². The average Bonchev–Trinajstić information content (AvgIpc) is 2.32. The Morgan fingerprint density at radius 2 is 2.38 bits per heavy atom. The minimum atomic E-state index is -0.000123. The van der Waals surface area contributed by atoms with Crippen LogP contribution in [0.15, 0.2) is 10.5 Å². The van der Waals surface area contributed by atoms with Gasteiger partial charge in [-0.3, -0.25) is 4.79 Å². The van der Waals surface area contributed by atoms with E-state index in [9.17, 15) is 4.79 Å².